The average Bonchev–Trinajstić information content (AvgIpc) is 2.52. The summed E-state index contributed by atoms with van der Waals surface area (Å²) in [6.45, 7) is 0.455. The Morgan fingerprint density at radius 1 is 1.00 bits per heavy atom. The van der Waals surface area contributed by atoms with Crippen LogP contribution in [0, 0.1) is 0 Å². The van der Waals surface area contributed by atoms with Crippen molar-refractivity contribution in [3.8, 4) is 0 Å². The van der Waals surface area contributed by atoms with Crippen molar-refractivity contribution in [1.82, 2.24) is 5.32 Å². The van der Waals surface area contributed by atoms with E-state index in [4.69, 9.17) is 0 Å². The first-order valence-electron chi connectivity index (χ1n) is 7.30. The van der Waals surface area contributed by atoms with Crippen LogP contribution in [-0.2, 0) is 21.2 Å². The molecule has 0 atom stereocenters. The molecular weight excluding hydrogens is 312 g/mol. The van der Waals surface area contributed by atoms with Gasteiger partial charge in [0.05, 0.1) is 24.9 Å². The smallest absolute Gasteiger partial charge is 0.232 e. The number of nitrogens with one attached hydrogen (secondary N) is 1. The zero-order valence-electron chi connectivity index (χ0n) is 13.0. The molecule has 0 saturated heterocycles. The highest BCUT2D eigenvalue weighted by Crippen LogP contribution is 2.15. The SMILES string of the molecule is CS(=O)(=O)N(CCNC(=O)Cc1ccccc1)c1ccccc1. The Labute approximate surface area is 137 Å². The molecule has 0 fully saturated rings. The second kappa shape index (κ2) is 7.78. The van der Waals surface area contributed by atoms with Crippen LogP contribution in [0.3, 0.4) is 0 Å². The third kappa shape index (κ3) is 5.41. The molecule has 0 unspecified atom stereocenters. The van der Waals surface area contributed by atoms with Gasteiger partial charge < -0.3 is 5.32 Å². The van der Waals surface area contributed by atoms with Crippen molar-refractivity contribution in [3.63, 3.8) is 0 Å². The summed E-state index contributed by atoms with van der Waals surface area (Å²) in [7, 11) is -3.39. The minimum absolute atomic E-state index is 0.127. The number of para-hydroxylation sites is 1. The Hall–Kier alpha value is -2.34. The maximum absolute atomic E-state index is 11.9. The van der Waals surface area contributed by atoms with Gasteiger partial charge in [-0.15, -0.1) is 0 Å². The van der Waals surface area contributed by atoms with E-state index in [1.54, 1.807) is 24.3 Å². The summed E-state index contributed by atoms with van der Waals surface area (Å²) in [5.74, 6) is -0.127. The van der Waals surface area contributed by atoms with E-state index in [0.717, 1.165) is 11.8 Å². The van der Waals surface area contributed by atoms with Crippen LogP contribution in [0.1, 0.15) is 5.56 Å². The van der Waals surface area contributed by atoms with Gasteiger partial charge in [-0.25, -0.2) is 8.42 Å². The van der Waals surface area contributed by atoms with Crippen molar-refractivity contribution in [2.45, 2.75) is 6.42 Å². The van der Waals surface area contributed by atoms with Crippen LogP contribution in [0.2, 0.25) is 0 Å². The monoisotopic (exact) mass is 332 g/mol. The Kier molecular flexibility index (Phi) is 5.76. The van der Waals surface area contributed by atoms with Crippen molar-refractivity contribution in [2.24, 2.45) is 0 Å². The van der Waals surface area contributed by atoms with Crippen molar-refractivity contribution in [2.75, 3.05) is 23.7 Å². The predicted molar refractivity (Wildman–Crippen MR) is 91.8 cm³/mol. The van der Waals surface area contributed by atoms with E-state index in [1.165, 1.54) is 4.31 Å². The summed E-state index contributed by atoms with van der Waals surface area (Å²) in [6, 6.07) is 18.3. The first kappa shape index (κ1) is 17.0. The highest BCUT2D eigenvalue weighted by Gasteiger charge is 2.16. The van der Waals surface area contributed by atoms with Crippen LogP contribution >= 0.6 is 0 Å². The molecule has 0 aliphatic heterocycles. The first-order chi connectivity index (χ1) is 11.0. The highest BCUT2D eigenvalue weighted by molar-refractivity contribution is 7.92. The number of nitrogens with zero attached hydrogens (tertiary/aromatic N) is 1. The van der Waals surface area contributed by atoms with Gasteiger partial charge in [-0.05, 0) is 17.7 Å². The second-order valence-corrected chi connectivity index (χ2v) is 7.09. The van der Waals surface area contributed by atoms with Crippen LogP contribution in [0.5, 0.6) is 0 Å². The minimum Gasteiger partial charge on any atom is -0.354 e. The third-order valence-corrected chi connectivity index (χ3v) is 4.48. The quantitative estimate of drug-likeness (QED) is 0.841. The molecule has 23 heavy (non-hydrogen) atoms. The van der Waals surface area contributed by atoms with Gasteiger partial charge in [0.25, 0.3) is 0 Å². The molecule has 0 aliphatic carbocycles. The predicted octanol–water partition coefficient (Wildman–Crippen LogP) is 1.81. The fourth-order valence-electron chi connectivity index (χ4n) is 2.22. The molecular formula is C17H20N2O3S. The maximum atomic E-state index is 11.9. The molecule has 6 heteroatoms. The third-order valence-electron chi connectivity index (χ3n) is 3.29. The summed E-state index contributed by atoms with van der Waals surface area (Å²) in [6.07, 6.45) is 1.44. The molecule has 5 nitrogen and oxygen atoms in total. The number of amides is 1. The number of benzene rings is 2. The zero-order valence-corrected chi connectivity index (χ0v) is 13.8. The number of carbonyl (C=O) groups excluding carboxylic acids is 1. The number of sulfonamides is 1. The molecule has 0 saturated carbocycles. The molecule has 0 radical (unpaired) electrons. The van der Waals surface area contributed by atoms with E-state index >= 15 is 0 Å². The highest BCUT2D eigenvalue weighted by atomic mass is 32.2. The van der Waals surface area contributed by atoms with E-state index in [2.05, 4.69) is 5.32 Å². The van der Waals surface area contributed by atoms with Gasteiger partial charge in [-0.1, -0.05) is 48.5 Å². The molecule has 0 aromatic heterocycles. The second-order valence-electron chi connectivity index (χ2n) is 5.18. The summed E-state index contributed by atoms with van der Waals surface area (Å²) >= 11 is 0. The number of carbonyl (C=O) groups is 1. The lowest BCUT2D eigenvalue weighted by atomic mass is 10.1. The zero-order chi connectivity index (χ0) is 16.7. The molecule has 1 amide bonds. The first-order valence-corrected chi connectivity index (χ1v) is 9.15. The van der Waals surface area contributed by atoms with Gasteiger partial charge in [-0.3, -0.25) is 9.10 Å². The van der Waals surface area contributed by atoms with Crippen LogP contribution in [0.4, 0.5) is 5.69 Å². The number of anilines is 1. The normalized spacial score (nSPS) is 11.0. The van der Waals surface area contributed by atoms with Crippen LogP contribution in [0.25, 0.3) is 0 Å². The summed E-state index contributed by atoms with van der Waals surface area (Å²) < 4.78 is 25.1. The lowest BCUT2D eigenvalue weighted by Gasteiger charge is -2.22. The number of rotatable bonds is 7. The molecule has 0 heterocycles. The van der Waals surface area contributed by atoms with E-state index in [-0.39, 0.29) is 25.4 Å². The largest absolute Gasteiger partial charge is 0.354 e. The lowest BCUT2D eigenvalue weighted by molar-refractivity contribution is -0.120. The van der Waals surface area contributed by atoms with Gasteiger partial charge in [-0.2, -0.15) is 0 Å². The lowest BCUT2D eigenvalue weighted by Crippen LogP contribution is -2.38. The van der Waals surface area contributed by atoms with Gasteiger partial charge in [0, 0.05) is 6.54 Å². The molecule has 2 aromatic carbocycles. The molecule has 0 spiro atoms. The Morgan fingerprint density at radius 3 is 2.13 bits per heavy atom. The fraction of sp³-hybridized carbons (Fsp3) is 0.235. The summed E-state index contributed by atoms with van der Waals surface area (Å²) in [4.78, 5) is 11.9. The number of hydrogen-bond donors (Lipinski definition) is 1. The number of hydrogen-bond acceptors (Lipinski definition) is 3. The molecule has 0 aliphatic rings. The fourth-order valence-corrected chi connectivity index (χ4v) is 3.15. The summed E-state index contributed by atoms with van der Waals surface area (Å²) in [5, 5.41) is 2.76. The standard InChI is InChI=1S/C17H20N2O3S/c1-23(21,22)19(16-10-6-3-7-11-16)13-12-18-17(20)14-15-8-4-2-5-9-15/h2-11H,12-14H2,1H3,(H,18,20). The van der Waals surface area contributed by atoms with E-state index in [9.17, 15) is 13.2 Å². The van der Waals surface area contributed by atoms with Crippen molar-refractivity contribution >= 4 is 21.6 Å². The molecule has 0 bridgehead atoms. The van der Waals surface area contributed by atoms with Crippen LogP contribution < -0.4 is 9.62 Å². The Bertz CT molecular complexity index is 731. The van der Waals surface area contributed by atoms with Crippen molar-refractivity contribution in [3.05, 3.63) is 66.2 Å². The van der Waals surface area contributed by atoms with Gasteiger partial charge in [0.1, 0.15) is 0 Å². The van der Waals surface area contributed by atoms with E-state index < -0.39 is 10.0 Å². The molecule has 2 aromatic rings. The maximum Gasteiger partial charge on any atom is 0.232 e. The average molecular weight is 332 g/mol. The van der Waals surface area contributed by atoms with Crippen LogP contribution in [-0.4, -0.2) is 33.7 Å². The summed E-state index contributed by atoms with van der Waals surface area (Å²) in [5.41, 5.74) is 1.51. The van der Waals surface area contributed by atoms with E-state index in [0.29, 0.717) is 5.69 Å². The Balaban J connectivity index is 1.91. The topological polar surface area (TPSA) is 66.5 Å². The Morgan fingerprint density at radius 2 is 1.57 bits per heavy atom. The van der Waals surface area contributed by atoms with Gasteiger partial charge in [0.15, 0.2) is 0 Å². The molecule has 2 rings (SSSR count). The van der Waals surface area contributed by atoms with Crippen molar-refractivity contribution in [1.29, 1.82) is 0 Å². The van der Waals surface area contributed by atoms with Crippen molar-refractivity contribution < 1.29 is 13.2 Å². The van der Waals surface area contributed by atoms with Gasteiger partial charge >= 0.3 is 0 Å². The molecule has 122 valence electrons. The van der Waals surface area contributed by atoms with Crippen LogP contribution in [0.15, 0.2) is 60.7 Å². The van der Waals surface area contributed by atoms with Gasteiger partial charge in [0.2, 0.25) is 15.9 Å². The van der Waals surface area contributed by atoms with E-state index in [1.807, 2.05) is 36.4 Å². The minimum atomic E-state index is -3.39. The molecule has 1 N–H and O–H groups in total.